The third-order valence-electron chi connectivity index (χ3n) is 4.24. The fraction of sp³-hybridized carbons (Fsp3) is 0.0417. The summed E-state index contributed by atoms with van der Waals surface area (Å²) in [7, 11) is 1.44. The Hall–Kier alpha value is -4.39. The zero-order valence-corrected chi connectivity index (χ0v) is 16.8. The van der Waals surface area contributed by atoms with Crippen LogP contribution < -0.4 is 15.5 Å². The van der Waals surface area contributed by atoms with Crippen LogP contribution in [0.3, 0.4) is 0 Å². The fourth-order valence-corrected chi connectivity index (χ4v) is 2.70. The molecule has 0 spiro atoms. The maximum absolute atomic E-state index is 12.5. The van der Waals surface area contributed by atoms with E-state index in [1.807, 2.05) is 30.3 Å². The Kier molecular flexibility index (Phi) is 7.16. The van der Waals surface area contributed by atoms with Gasteiger partial charge in [0.15, 0.2) is 11.5 Å². The molecule has 3 aromatic carbocycles. The number of nitrogens with one attached hydrogen (secondary N) is 2. The minimum Gasteiger partial charge on any atom is -0.504 e. The number of phenols is 1. The van der Waals surface area contributed by atoms with Gasteiger partial charge in [0.2, 0.25) is 5.91 Å². The number of rotatable bonds is 7. The van der Waals surface area contributed by atoms with Gasteiger partial charge in [-0.1, -0.05) is 42.5 Å². The van der Waals surface area contributed by atoms with Gasteiger partial charge in [0.25, 0.3) is 5.91 Å². The number of nitrogens with zero attached hydrogens (tertiary/aromatic N) is 1. The van der Waals surface area contributed by atoms with Gasteiger partial charge >= 0.3 is 0 Å². The van der Waals surface area contributed by atoms with Crippen LogP contribution in [0.5, 0.6) is 11.5 Å². The summed E-state index contributed by atoms with van der Waals surface area (Å²) < 4.78 is 5.04. The number of ether oxygens (including phenoxy) is 1. The van der Waals surface area contributed by atoms with Crippen molar-refractivity contribution in [2.45, 2.75) is 0 Å². The number of anilines is 1. The van der Waals surface area contributed by atoms with Crippen LogP contribution in [0.2, 0.25) is 0 Å². The summed E-state index contributed by atoms with van der Waals surface area (Å²) in [6.45, 7) is 0. The smallest absolute Gasteiger partial charge is 0.273 e. The summed E-state index contributed by atoms with van der Waals surface area (Å²) in [5.41, 5.74) is 4.58. The Morgan fingerprint density at radius 2 is 1.71 bits per heavy atom. The van der Waals surface area contributed by atoms with Crippen molar-refractivity contribution in [2.75, 3.05) is 12.4 Å². The molecule has 0 saturated heterocycles. The summed E-state index contributed by atoms with van der Waals surface area (Å²) in [6.07, 6.45) is 4.51. The Bertz CT molecular complexity index is 1120. The number of carbonyl (C=O) groups excluding carboxylic acids is 2. The molecule has 7 heteroatoms. The zero-order valence-electron chi connectivity index (χ0n) is 16.8. The normalized spacial score (nSPS) is 10.9. The van der Waals surface area contributed by atoms with Crippen molar-refractivity contribution < 1.29 is 19.4 Å². The van der Waals surface area contributed by atoms with E-state index < -0.39 is 5.91 Å². The van der Waals surface area contributed by atoms with E-state index in [0.717, 1.165) is 5.56 Å². The average molecular weight is 415 g/mol. The maximum atomic E-state index is 12.5. The molecular weight excluding hydrogens is 394 g/mol. The van der Waals surface area contributed by atoms with E-state index in [-0.39, 0.29) is 17.2 Å². The van der Waals surface area contributed by atoms with Gasteiger partial charge in [-0.2, -0.15) is 5.10 Å². The number of phenolic OH excluding ortho intramolecular Hbond substituents is 1. The number of hydrogen-bond donors (Lipinski definition) is 3. The zero-order chi connectivity index (χ0) is 22.1. The number of para-hydroxylation sites is 1. The van der Waals surface area contributed by atoms with Gasteiger partial charge < -0.3 is 15.2 Å². The van der Waals surface area contributed by atoms with Gasteiger partial charge in [0, 0.05) is 6.08 Å². The van der Waals surface area contributed by atoms with E-state index >= 15 is 0 Å². The van der Waals surface area contributed by atoms with Crippen LogP contribution in [0.1, 0.15) is 21.5 Å². The summed E-state index contributed by atoms with van der Waals surface area (Å²) in [5, 5.41) is 16.3. The summed E-state index contributed by atoms with van der Waals surface area (Å²) in [4.78, 5) is 24.8. The quantitative estimate of drug-likeness (QED) is 0.310. The number of hydrogen-bond acceptors (Lipinski definition) is 5. The van der Waals surface area contributed by atoms with Crippen LogP contribution in [-0.4, -0.2) is 30.2 Å². The van der Waals surface area contributed by atoms with Crippen molar-refractivity contribution in [1.29, 1.82) is 0 Å². The number of methoxy groups -OCH3 is 1. The van der Waals surface area contributed by atoms with Crippen LogP contribution in [0.15, 0.2) is 84.0 Å². The van der Waals surface area contributed by atoms with Crippen molar-refractivity contribution in [3.63, 3.8) is 0 Å². The number of benzene rings is 3. The standard InChI is InChI=1S/C24H21N3O4/c1-31-22-15-18(11-13-21(22)28)16-25-27-24(30)19-9-5-6-10-20(19)26-23(29)14-12-17-7-3-2-4-8-17/h2-16,28H,1H3,(H,26,29)(H,27,30)/b14-12+,25-16-. The van der Waals surface area contributed by atoms with E-state index in [9.17, 15) is 14.7 Å². The second-order valence-corrected chi connectivity index (χ2v) is 6.41. The molecule has 0 aliphatic rings. The summed E-state index contributed by atoms with van der Waals surface area (Å²) in [6, 6.07) is 20.7. The van der Waals surface area contributed by atoms with Crippen molar-refractivity contribution in [1.82, 2.24) is 5.43 Å². The van der Waals surface area contributed by atoms with Gasteiger partial charge in [-0.25, -0.2) is 5.43 Å². The molecule has 31 heavy (non-hydrogen) atoms. The van der Waals surface area contributed by atoms with Gasteiger partial charge in [0.1, 0.15) is 0 Å². The predicted octanol–water partition coefficient (Wildman–Crippen LogP) is 3.82. The van der Waals surface area contributed by atoms with E-state index in [2.05, 4.69) is 15.8 Å². The Balaban J connectivity index is 1.65. The molecule has 0 fully saturated rings. The lowest BCUT2D eigenvalue weighted by atomic mass is 10.1. The van der Waals surface area contributed by atoms with E-state index in [4.69, 9.17) is 4.74 Å². The minimum atomic E-state index is -0.482. The first-order chi connectivity index (χ1) is 15.1. The van der Waals surface area contributed by atoms with Gasteiger partial charge in [-0.3, -0.25) is 9.59 Å². The van der Waals surface area contributed by atoms with E-state index in [0.29, 0.717) is 17.0 Å². The Morgan fingerprint density at radius 3 is 2.48 bits per heavy atom. The molecule has 156 valence electrons. The number of hydrazone groups is 1. The van der Waals surface area contributed by atoms with Gasteiger partial charge in [-0.15, -0.1) is 0 Å². The first-order valence-electron chi connectivity index (χ1n) is 9.40. The molecule has 3 rings (SSSR count). The molecule has 0 heterocycles. The van der Waals surface area contributed by atoms with E-state index in [1.54, 1.807) is 42.5 Å². The maximum Gasteiger partial charge on any atom is 0.273 e. The Morgan fingerprint density at radius 1 is 0.968 bits per heavy atom. The number of amides is 2. The lowest BCUT2D eigenvalue weighted by Gasteiger charge is -2.08. The molecule has 0 saturated carbocycles. The molecule has 0 unspecified atom stereocenters. The van der Waals surface area contributed by atoms with Crippen LogP contribution in [0, 0.1) is 0 Å². The molecule has 3 aromatic rings. The molecule has 0 bridgehead atoms. The van der Waals surface area contributed by atoms with Crippen LogP contribution in [0.4, 0.5) is 5.69 Å². The lowest BCUT2D eigenvalue weighted by Crippen LogP contribution is -2.20. The molecule has 0 aliphatic heterocycles. The van der Waals surface area contributed by atoms with Crippen LogP contribution in [0.25, 0.3) is 6.08 Å². The highest BCUT2D eigenvalue weighted by Crippen LogP contribution is 2.25. The molecular formula is C24H21N3O4. The topological polar surface area (TPSA) is 100 Å². The predicted molar refractivity (Wildman–Crippen MR) is 120 cm³/mol. The van der Waals surface area contributed by atoms with Gasteiger partial charge in [0.05, 0.1) is 24.6 Å². The SMILES string of the molecule is COc1cc(/C=N\NC(=O)c2ccccc2NC(=O)/C=C/c2ccccc2)ccc1O. The van der Waals surface area contributed by atoms with Crippen LogP contribution in [-0.2, 0) is 4.79 Å². The highest BCUT2D eigenvalue weighted by molar-refractivity contribution is 6.07. The number of carbonyl (C=O) groups is 2. The average Bonchev–Trinajstić information content (AvgIpc) is 2.79. The summed E-state index contributed by atoms with van der Waals surface area (Å²) >= 11 is 0. The van der Waals surface area contributed by atoms with Crippen molar-refractivity contribution in [3.05, 3.63) is 95.6 Å². The third-order valence-corrected chi connectivity index (χ3v) is 4.24. The highest BCUT2D eigenvalue weighted by atomic mass is 16.5. The molecule has 3 N–H and O–H groups in total. The number of aromatic hydroxyl groups is 1. The minimum absolute atomic E-state index is 0.00895. The van der Waals surface area contributed by atoms with Crippen molar-refractivity contribution >= 4 is 29.8 Å². The van der Waals surface area contributed by atoms with Crippen LogP contribution >= 0.6 is 0 Å². The second kappa shape index (κ2) is 10.4. The summed E-state index contributed by atoms with van der Waals surface area (Å²) in [5.74, 6) is -0.532. The van der Waals surface area contributed by atoms with E-state index in [1.165, 1.54) is 25.5 Å². The fourth-order valence-electron chi connectivity index (χ4n) is 2.70. The van der Waals surface area contributed by atoms with Crippen molar-refractivity contribution in [2.24, 2.45) is 5.10 Å². The molecule has 0 aliphatic carbocycles. The molecule has 0 aromatic heterocycles. The highest BCUT2D eigenvalue weighted by Gasteiger charge is 2.11. The Labute approximate surface area is 179 Å². The van der Waals surface area contributed by atoms with Crippen molar-refractivity contribution in [3.8, 4) is 11.5 Å². The molecule has 7 nitrogen and oxygen atoms in total. The largest absolute Gasteiger partial charge is 0.504 e. The molecule has 2 amide bonds. The lowest BCUT2D eigenvalue weighted by molar-refractivity contribution is -0.111. The first kappa shape index (κ1) is 21.3. The second-order valence-electron chi connectivity index (χ2n) is 6.41. The molecule has 0 atom stereocenters. The molecule has 0 radical (unpaired) electrons. The van der Waals surface area contributed by atoms with Gasteiger partial charge in [-0.05, 0) is 47.5 Å². The first-order valence-corrected chi connectivity index (χ1v) is 9.40. The third kappa shape index (κ3) is 6.04. The monoisotopic (exact) mass is 415 g/mol.